The lowest BCUT2D eigenvalue weighted by molar-refractivity contribution is -0.147. The van der Waals surface area contributed by atoms with Gasteiger partial charge in [-0.2, -0.15) is 0 Å². The third kappa shape index (κ3) is 6.41. The molecule has 0 radical (unpaired) electrons. The van der Waals surface area contributed by atoms with Crippen LogP contribution in [0.25, 0.3) is 0 Å². The molecule has 3 N–H and O–H groups in total. The van der Waals surface area contributed by atoms with Crippen LogP contribution in [0.3, 0.4) is 0 Å². The van der Waals surface area contributed by atoms with Crippen LogP contribution in [0.1, 0.15) is 32.4 Å². The van der Waals surface area contributed by atoms with Gasteiger partial charge in [-0.3, -0.25) is 14.4 Å². The Hall–Kier alpha value is -3.36. The molecule has 2 heterocycles. The molecule has 3 unspecified atom stereocenters. The topological polar surface area (TPSA) is 112 Å². The largest absolute Gasteiger partial charge is 0.381 e. The second kappa shape index (κ2) is 10.9. The normalized spacial score (nSPS) is 18.4. The van der Waals surface area contributed by atoms with Crippen LogP contribution in [0.2, 0.25) is 0 Å². The minimum atomic E-state index is -3.32. The van der Waals surface area contributed by atoms with E-state index in [0.717, 1.165) is 11.3 Å². The molecule has 1 aliphatic rings. The zero-order valence-electron chi connectivity index (χ0n) is 19.3. The Bertz CT molecular complexity index is 1130. The van der Waals surface area contributed by atoms with Gasteiger partial charge >= 0.3 is 0 Å². The number of nitrogens with one attached hydrogen (secondary N) is 2. The van der Waals surface area contributed by atoms with Crippen molar-refractivity contribution in [3.05, 3.63) is 51.5 Å². The monoisotopic (exact) mass is 504 g/mol. The molecule has 2 aromatic rings. The van der Waals surface area contributed by atoms with Crippen LogP contribution < -0.4 is 10.6 Å². The average molecular weight is 505 g/mol. The molecule has 3 amide bonds. The molecule has 11 heteroatoms. The zero-order valence-corrected chi connectivity index (χ0v) is 20.1. The van der Waals surface area contributed by atoms with Crippen molar-refractivity contribution in [1.82, 2.24) is 20.5 Å². The van der Waals surface area contributed by atoms with E-state index < -0.39 is 54.8 Å². The Balaban J connectivity index is 1.86. The quantitative estimate of drug-likeness (QED) is 0.472. The maximum absolute atomic E-state index is 14.2. The van der Waals surface area contributed by atoms with Crippen LogP contribution in [0.4, 0.5) is 8.78 Å². The Morgan fingerprint density at radius 3 is 2.60 bits per heavy atom. The van der Waals surface area contributed by atoms with Gasteiger partial charge in [-0.15, -0.1) is 17.8 Å². The van der Waals surface area contributed by atoms with E-state index in [9.17, 15) is 28.3 Å². The van der Waals surface area contributed by atoms with Crippen LogP contribution in [0.5, 0.6) is 0 Å². The van der Waals surface area contributed by atoms with Crippen molar-refractivity contribution in [3.63, 3.8) is 0 Å². The first-order chi connectivity index (χ1) is 16.5. The summed E-state index contributed by atoms with van der Waals surface area (Å²) in [6, 6.07) is 6.14. The number of carbonyl (C=O) groups is 3. The number of hydrogen-bond donors (Lipinski definition) is 3. The minimum Gasteiger partial charge on any atom is -0.381 e. The smallest absolute Gasteiger partial charge is 0.267 e. The highest BCUT2D eigenvalue weighted by atomic mass is 32.1. The van der Waals surface area contributed by atoms with Crippen molar-refractivity contribution >= 4 is 29.1 Å². The molecule has 8 nitrogen and oxygen atoms in total. The predicted octanol–water partition coefficient (Wildman–Crippen LogP) is 1.45. The molecule has 0 spiro atoms. The molecule has 1 aromatic heterocycles. The number of aromatic nitrogens is 1. The molecule has 0 aliphatic carbocycles. The van der Waals surface area contributed by atoms with E-state index in [1.165, 1.54) is 0 Å². The number of rotatable bonds is 8. The number of aryl methyl sites for hydroxylation is 2. The summed E-state index contributed by atoms with van der Waals surface area (Å²) in [5, 5.41) is 16.6. The molecule has 0 saturated carbocycles. The summed E-state index contributed by atoms with van der Waals surface area (Å²) in [5.41, 5.74) is 1.20. The summed E-state index contributed by atoms with van der Waals surface area (Å²) >= 11 is 1.16. The van der Waals surface area contributed by atoms with Crippen molar-refractivity contribution in [2.75, 3.05) is 13.1 Å². The maximum Gasteiger partial charge on any atom is 0.267 e. The van der Waals surface area contributed by atoms with E-state index in [4.69, 9.17) is 6.42 Å². The van der Waals surface area contributed by atoms with Gasteiger partial charge in [0.15, 0.2) is 6.10 Å². The van der Waals surface area contributed by atoms with E-state index in [-0.39, 0.29) is 13.0 Å². The van der Waals surface area contributed by atoms with Crippen LogP contribution in [0.15, 0.2) is 30.3 Å². The maximum atomic E-state index is 14.2. The van der Waals surface area contributed by atoms with Crippen molar-refractivity contribution in [2.45, 2.75) is 50.8 Å². The van der Waals surface area contributed by atoms with Gasteiger partial charge in [-0.25, -0.2) is 13.8 Å². The first-order valence-corrected chi connectivity index (χ1v) is 11.7. The molecular weight excluding hydrogens is 478 g/mol. The predicted molar refractivity (Wildman–Crippen MR) is 126 cm³/mol. The number of likely N-dealkylation sites (tertiary alicyclic amines) is 1. The second-order valence-corrected chi connectivity index (χ2v) is 9.53. The molecule has 3 atom stereocenters. The van der Waals surface area contributed by atoms with E-state index in [0.29, 0.717) is 26.0 Å². The highest BCUT2D eigenvalue weighted by Gasteiger charge is 2.51. The zero-order chi connectivity index (χ0) is 25.8. The first-order valence-electron chi connectivity index (χ1n) is 10.9. The van der Waals surface area contributed by atoms with Crippen molar-refractivity contribution < 1.29 is 28.3 Å². The van der Waals surface area contributed by atoms with Gasteiger partial charge in [-0.1, -0.05) is 36.3 Å². The standard InChI is InChI=1S/C24H26F2N4O4S/c1-4-10-27-21(32)18-12-24(25,26)13-30(18)23(34)19(31)17(11-16-8-6-5-7-9-16)29-22(33)20-14(2)28-15(3)35-20/h1,5-9,17-19,31H,10-13H2,2-3H3,(H,27,32)(H,29,33). The molecule has 35 heavy (non-hydrogen) atoms. The van der Waals surface area contributed by atoms with Crippen molar-refractivity contribution in [1.29, 1.82) is 0 Å². The molecular formula is C24H26F2N4O4S. The fourth-order valence-corrected chi connectivity index (χ4v) is 4.79. The number of alkyl halides is 2. The summed E-state index contributed by atoms with van der Waals surface area (Å²) in [5.74, 6) is -3.60. The van der Waals surface area contributed by atoms with Gasteiger partial charge in [-0.05, 0) is 25.8 Å². The number of hydrogen-bond acceptors (Lipinski definition) is 6. The van der Waals surface area contributed by atoms with Crippen molar-refractivity contribution in [2.24, 2.45) is 0 Å². The molecule has 1 saturated heterocycles. The van der Waals surface area contributed by atoms with Gasteiger partial charge in [0.2, 0.25) is 5.91 Å². The average Bonchev–Trinajstić information content (AvgIpc) is 3.33. The van der Waals surface area contributed by atoms with Crippen molar-refractivity contribution in [3.8, 4) is 12.3 Å². The number of terminal acetylenes is 1. The Morgan fingerprint density at radius 1 is 1.31 bits per heavy atom. The van der Waals surface area contributed by atoms with Crippen LogP contribution >= 0.6 is 11.3 Å². The fourth-order valence-electron chi connectivity index (χ4n) is 3.97. The lowest BCUT2D eigenvalue weighted by Gasteiger charge is -2.30. The van der Waals surface area contributed by atoms with E-state index in [1.807, 2.05) is 0 Å². The summed E-state index contributed by atoms with van der Waals surface area (Å²) in [6.07, 6.45) is 2.39. The van der Waals surface area contributed by atoms with Gasteiger partial charge < -0.3 is 20.6 Å². The minimum absolute atomic E-state index is 0.0501. The number of aliphatic hydroxyl groups excluding tert-OH is 1. The Labute approximate surface area is 205 Å². The molecule has 1 fully saturated rings. The third-order valence-corrected chi connectivity index (χ3v) is 6.65. The molecule has 1 aromatic carbocycles. The van der Waals surface area contributed by atoms with Gasteiger partial charge in [0.1, 0.15) is 10.9 Å². The number of halogens is 2. The molecule has 0 bridgehead atoms. The summed E-state index contributed by atoms with van der Waals surface area (Å²) in [4.78, 5) is 43.7. The fraction of sp³-hybridized carbons (Fsp3) is 0.417. The highest BCUT2D eigenvalue weighted by Crippen LogP contribution is 2.33. The second-order valence-electron chi connectivity index (χ2n) is 8.33. The number of aliphatic hydroxyl groups is 1. The summed E-state index contributed by atoms with van der Waals surface area (Å²) in [7, 11) is 0. The van der Waals surface area contributed by atoms with Gasteiger partial charge in [0.25, 0.3) is 17.7 Å². The number of amides is 3. The van der Waals surface area contributed by atoms with Crippen LogP contribution in [-0.2, 0) is 16.0 Å². The van der Waals surface area contributed by atoms with E-state index in [1.54, 1.807) is 44.2 Å². The third-order valence-electron chi connectivity index (χ3n) is 5.58. The molecule has 186 valence electrons. The van der Waals surface area contributed by atoms with Crippen LogP contribution in [-0.4, -0.2) is 69.9 Å². The van der Waals surface area contributed by atoms with Gasteiger partial charge in [0, 0.05) is 6.42 Å². The lowest BCUT2D eigenvalue weighted by Crippen LogP contribution is -2.56. The number of carbonyl (C=O) groups excluding carboxylic acids is 3. The summed E-state index contributed by atoms with van der Waals surface area (Å²) < 4.78 is 28.4. The van der Waals surface area contributed by atoms with Crippen LogP contribution in [0, 0.1) is 26.2 Å². The Kier molecular flexibility index (Phi) is 8.19. The number of benzene rings is 1. The highest BCUT2D eigenvalue weighted by molar-refractivity contribution is 7.13. The number of thiazole rings is 1. The SMILES string of the molecule is C#CCNC(=O)C1CC(F)(F)CN1C(=O)C(O)C(Cc1ccccc1)NC(=O)c1sc(C)nc1C. The van der Waals surface area contributed by atoms with E-state index in [2.05, 4.69) is 21.5 Å². The first kappa shape index (κ1) is 26.2. The number of nitrogens with zero attached hydrogens (tertiary/aromatic N) is 2. The molecule has 1 aliphatic heterocycles. The summed E-state index contributed by atoms with van der Waals surface area (Å²) in [6.45, 7) is 2.19. The molecule has 3 rings (SSSR count). The Morgan fingerprint density at radius 2 is 2.00 bits per heavy atom. The lowest BCUT2D eigenvalue weighted by atomic mass is 9.99. The van der Waals surface area contributed by atoms with Gasteiger partial charge in [0.05, 0.1) is 29.8 Å². The van der Waals surface area contributed by atoms with E-state index >= 15 is 0 Å².